The molecule has 4 heteroatoms. The largest absolute Gasteiger partial charge is 0.476 e. The summed E-state index contributed by atoms with van der Waals surface area (Å²) >= 11 is 0. The monoisotopic (exact) mass is 270 g/mol. The second-order valence-corrected chi connectivity index (χ2v) is 4.70. The fourth-order valence-corrected chi connectivity index (χ4v) is 2.44. The fourth-order valence-electron chi connectivity index (χ4n) is 2.44. The molecular weight excluding hydrogens is 252 g/mol. The molecule has 1 atom stereocenters. The third kappa shape index (κ3) is 2.60. The molecule has 3 rings (SSSR count). The summed E-state index contributed by atoms with van der Waals surface area (Å²) in [7, 11) is 0. The van der Waals surface area contributed by atoms with E-state index in [1.165, 1.54) is 11.1 Å². The van der Waals surface area contributed by atoms with Crippen LogP contribution in [-0.4, -0.2) is 18.2 Å². The van der Waals surface area contributed by atoms with Crippen LogP contribution < -0.4 is 10.1 Å². The van der Waals surface area contributed by atoms with Gasteiger partial charge in [0, 0.05) is 6.20 Å². The molecule has 0 saturated heterocycles. The Kier molecular flexibility index (Phi) is 3.83. The number of benzene rings is 1. The van der Waals surface area contributed by atoms with Gasteiger partial charge in [0.25, 0.3) is 0 Å². The summed E-state index contributed by atoms with van der Waals surface area (Å²) in [4.78, 5) is 4.26. The van der Waals surface area contributed by atoms with Gasteiger partial charge in [0.15, 0.2) is 0 Å². The van der Waals surface area contributed by atoms with Crippen LogP contribution in [0, 0.1) is 0 Å². The fraction of sp³-hybridized carbons (Fsp3) is 0.312. The first-order valence-electron chi connectivity index (χ1n) is 6.88. The second kappa shape index (κ2) is 5.92. The maximum atomic E-state index is 5.66. The average molecular weight is 270 g/mol. The Morgan fingerprint density at radius 3 is 3.10 bits per heavy atom. The summed E-state index contributed by atoms with van der Waals surface area (Å²) in [6.45, 7) is 3.89. The first-order chi connectivity index (χ1) is 9.88. The van der Waals surface area contributed by atoms with Crippen molar-refractivity contribution in [3.63, 3.8) is 0 Å². The second-order valence-electron chi connectivity index (χ2n) is 4.70. The first kappa shape index (κ1) is 12.9. The van der Waals surface area contributed by atoms with Crippen LogP contribution in [0.1, 0.15) is 24.1 Å². The molecule has 1 aromatic heterocycles. The lowest BCUT2D eigenvalue weighted by atomic mass is 9.99. The molecular formula is C16H18N2O2. The molecule has 0 saturated carbocycles. The van der Waals surface area contributed by atoms with Gasteiger partial charge < -0.3 is 14.8 Å². The Morgan fingerprint density at radius 2 is 2.20 bits per heavy atom. The number of fused-ring (bicyclic) bond motifs is 1. The van der Waals surface area contributed by atoms with E-state index in [1.807, 2.05) is 25.1 Å². The summed E-state index contributed by atoms with van der Waals surface area (Å²) in [6, 6.07) is 12.4. The van der Waals surface area contributed by atoms with Crippen LogP contribution in [0.2, 0.25) is 0 Å². The zero-order valence-corrected chi connectivity index (χ0v) is 11.5. The zero-order valence-electron chi connectivity index (χ0n) is 11.5. The third-order valence-electron chi connectivity index (χ3n) is 3.35. The van der Waals surface area contributed by atoms with Gasteiger partial charge in [0.1, 0.15) is 0 Å². The van der Waals surface area contributed by atoms with E-state index in [1.54, 1.807) is 6.20 Å². The van der Waals surface area contributed by atoms with Crippen molar-refractivity contribution in [2.75, 3.05) is 18.5 Å². The van der Waals surface area contributed by atoms with Crippen molar-refractivity contribution in [1.29, 1.82) is 0 Å². The van der Waals surface area contributed by atoms with Crippen molar-refractivity contribution in [2.24, 2.45) is 0 Å². The molecule has 1 aromatic carbocycles. The lowest BCUT2D eigenvalue weighted by molar-refractivity contribution is 0.0969. The zero-order chi connectivity index (χ0) is 13.8. The number of anilines is 1. The molecule has 1 N–H and O–H groups in total. The average Bonchev–Trinajstić information content (AvgIpc) is 2.50. The summed E-state index contributed by atoms with van der Waals surface area (Å²) in [6.07, 6.45) is 1.74. The number of ether oxygens (including phenoxy) is 2. The van der Waals surface area contributed by atoms with Gasteiger partial charge in [-0.1, -0.05) is 24.3 Å². The van der Waals surface area contributed by atoms with Gasteiger partial charge in [-0.3, -0.25) is 0 Å². The Balaban J connectivity index is 1.86. The predicted molar refractivity (Wildman–Crippen MR) is 77.9 cm³/mol. The third-order valence-corrected chi connectivity index (χ3v) is 3.35. The van der Waals surface area contributed by atoms with Gasteiger partial charge in [0.05, 0.1) is 31.5 Å². The molecule has 4 nitrogen and oxygen atoms in total. The van der Waals surface area contributed by atoms with Gasteiger partial charge in [-0.05, 0) is 30.2 Å². The minimum atomic E-state index is 0.128. The van der Waals surface area contributed by atoms with Crippen molar-refractivity contribution in [1.82, 2.24) is 4.98 Å². The van der Waals surface area contributed by atoms with Crippen LogP contribution in [0.15, 0.2) is 42.6 Å². The minimum absolute atomic E-state index is 0.128. The molecule has 20 heavy (non-hydrogen) atoms. The van der Waals surface area contributed by atoms with Gasteiger partial charge in [-0.15, -0.1) is 0 Å². The molecule has 1 aliphatic heterocycles. The van der Waals surface area contributed by atoms with Gasteiger partial charge in [-0.2, -0.15) is 0 Å². The number of nitrogens with one attached hydrogen (secondary N) is 1. The Morgan fingerprint density at radius 1 is 1.30 bits per heavy atom. The van der Waals surface area contributed by atoms with E-state index in [-0.39, 0.29) is 6.04 Å². The lowest BCUT2D eigenvalue weighted by Gasteiger charge is -2.27. The molecule has 104 valence electrons. The first-order valence-corrected chi connectivity index (χ1v) is 6.88. The number of hydrogen-bond donors (Lipinski definition) is 1. The molecule has 2 aromatic rings. The summed E-state index contributed by atoms with van der Waals surface area (Å²) in [5.74, 6) is 0.637. The molecule has 0 spiro atoms. The van der Waals surface area contributed by atoms with Gasteiger partial charge >= 0.3 is 0 Å². The van der Waals surface area contributed by atoms with E-state index >= 15 is 0 Å². The van der Waals surface area contributed by atoms with Crippen LogP contribution in [-0.2, 0) is 11.3 Å². The predicted octanol–water partition coefficient (Wildman–Crippen LogP) is 3.16. The lowest BCUT2D eigenvalue weighted by Crippen LogP contribution is -2.23. The summed E-state index contributed by atoms with van der Waals surface area (Å²) < 4.78 is 11.2. The van der Waals surface area contributed by atoms with E-state index in [4.69, 9.17) is 9.47 Å². The Bertz CT molecular complexity index is 586. The van der Waals surface area contributed by atoms with Crippen molar-refractivity contribution in [3.05, 3.63) is 53.7 Å². The molecule has 0 aliphatic carbocycles. The number of aromatic nitrogens is 1. The molecule has 2 heterocycles. The molecule has 1 unspecified atom stereocenters. The Hall–Kier alpha value is -2.07. The highest BCUT2D eigenvalue weighted by Crippen LogP contribution is 2.30. The number of rotatable bonds is 4. The highest BCUT2D eigenvalue weighted by Gasteiger charge is 2.21. The highest BCUT2D eigenvalue weighted by atomic mass is 16.5. The Labute approximate surface area is 118 Å². The van der Waals surface area contributed by atoms with E-state index < -0.39 is 0 Å². The van der Waals surface area contributed by atoms with Gasteiger partial charge in [0.2, 0.25) is 5.88 Å². The van der Waals surface area contributed by atoms with E-state index in [0.29, 0.717) is 25.7 Å². The summed E-state index contributed by atoms with van der Waals surface area (Å²) in [5.41, 5.74) is 3.42. The van der Waals surface area contributed by atoms with Crippen molar-refractivity contribution < 1.29 is 9.47 Å². The van der Waals surface area contributed by atoms with Crippen LogP contribution in [0.5, 0.6) is 5.88 Å². The van der Waals surface area contributed by atoms with Crippen LogP contribution in [0.4, 0.5) is 5.69 Å². The summed E-state index contributed by atoms with van der Waals surface area (Å²) in [5, 5.41) is 3.48. The number of pyridine rings is 1. The molecule has 0 amide bonds. The van der Waals surface area contributed by atoms with Gasteiger partial charge in [-0.25, -0.2) is 4.98 Å². The standard InChI is InChI=1S/C16H18N2O2/c1-2-20-16-14(8-5-9-17-16)18-15-11-19-10-12-6-3-4-7-13(12)15/h3-9,15,18H,2,10-11H2,1H3. The molecule has 0 bridgehead atoms. The SMILES string of the molecule is CCOc1ncccc1NC1COCc2ccccc21. The van der Waals surface area contributed by atoms with Crippen molar-refractivity contribution >= 4 is 5.69 Å². The smallest absolute Gasteiger partial charge is 0.237 e. The molecule has 0 radical (unpaired) electrons. The van der Waals surface area contributed by atoms with E-state index in [0.717, 1.165) is 5.69 Å². The van der Waals surface area contributed by atoms with E-state index in [2.05, 4.69) is 28.5 Å². The van der Waals surface area contributed by atoms with Crippen LogP contribution >= 0.6 is 0 Å². The topological polar surface area (TPSA) is 43.4 Å². The van der Waals surface area contributed by atoms with Crippen molar-refractivity contribution in [2.45, 2.75) is 19.6 Å². The van der Waals surface area contributed by atoms with Crippen LogP contribution in [0.25, 0.3) is 0 Å². The van der Waals surface area contributed by atoms with Crippen molar-refractivity contribution in [3.8, 4) is 5.88 Å². The maximum absolute atomic E-state index is 5.66. The molecule has 1 aliphatic rings. The quantitative estimate of drug-likeness (QED) is 0.926. The normalized spacial score (nSPS) is 17.4. The highest BCUT2D eigenvalue weighted by molar-refractivity contribution is 5.54. The molecule has 0 fully saturated rings. The van der Waals surface area contributed by atoms with Crippen LogP contribution in [0.3, 0.4) is 0 Å². The minimum Gasteiger partial charge on any atom is -0.476 e. The van der Waals surface area contributed by atoms with E-state index in [9.17, 15) is 0 Å². The number of hydrogen-bond acceptors (Lipinski definition) is 4. The number of nitrogens with zero attached hydrogens (tertiary/aromatic N) is 1. The maximum Gasteiger partial charge on any atom is 0.237 e.